The summed E-state index contributed by atoms with van der Waals surface area (Å²) in [6, 6.07) is 19.9. The summed E-state index contributed by atoms with van der Waals surface area (Å²) in [6.45, 7) is -0.0252. The van der Waals surface area contributed by atoms with E-state index in [2.05, 4.69) is 5.32 Å². The summed E-state index contributed by atoms with van der Waals surface area (Å²) < 4.78 is 5.27. The number of anilines is 2. The van der Waals surface area contributed by atoms with E-state index < -0.39 is 10.9 Å². The van der Waals surface area contributed by atoms with Gasteiger partial charge in [0.15, 0.2) is 0 Å². The topological polar surface area (TPSA) is 102 Å². The van der Waals surface area contributed by atoms with Crippen molar-refractivity contribution in [2.75, 3.05) is 24.3 Å². The van der Waals surface area contributed by atoms with Crippen LogP contribution in [0.1, 0.15) is 26.3 Å². The summed E-state index contributed by atoms with van der Waals surface area (Å²) in [5.74, 6) is -0.915. The molecule has 0 aliphatic rings. The first-order chi connectivity index (χ1) is 14.8. The number of para-hydroxylation sites is 1. The number of hydrogen-bond acceptors (Lipinski definition) is 6. The van der Waals surface area contributed by atoms with E-state index in [1.165, 1.54) is 18.2 Å². The molecule has 3 aromatic rings. The molecule has 1 amide bonds. The van der Waals surface area contributed by atoms with E-state index in [-0.39, 0.29) is 23.8 Å². The Kier molecular flexibility index (Phi) is 6.61. The Morgan fingerprint density at radius 2 is 1.61 bits per heavy atom. The van der Waals surface area contributed by atoms with E-state index in [0.717, 1.165) is 0 Å². The summed E-state index contributed by atoms with van der Waals surface area (Å²) in [4.78, 5) is 37.0. The number of carbonyl (C=O) groups excluding carboxylic acids is 2. The number of nitro benzene ring substituents is 1. The molecule has 31 heavy (non-hydrogen) atoms. The van der Waals surface area contributed by atoms with Crippen LogP contribution in [-0.2, 0) is 11.3 Å². The number of rotatable bonds is 7. The van der Waals surface area contributed by atoms with E-state index in [4.69, 9.17) is 4.74 Å². The van der Waals surface area contributed by atoms with Crippen molar-refractivity contribution in [3.63, 3.8) is 0 Å². The molecule has 1 N–H and O–H groups in total. The van der Waals surface area contributed by atoms with E-state index in [1.807, 2.05) is 18.2 Å². The van der Waals surface area contributed by atoms with Gasteiger partial charge in [0, 0.05) is 31.4 Å². The first-order valence-electron chi connectivity index (χ1n) is 9.43. The van der Waals surface area contributed by atoms with Crippen LogP contribution in [0.2, 0.25) is 0 Å². The van der Waals surface area contributed by atoms with Gasteiger partial charge in [0.1, 0.15) is 12.3 Å². The average molecular weight is 419 g/mol. The predicted octanol–water partition coefficient (Wildman–Crippen LogP) is 4.27. The van der Waals surface area contributed by atoms with E-state index >= 15 is 0 Å². The number of benzene rings is 3. The van der Waals surface area contributed by atoms with Crippen molar-refractivity contribution in [3.05, 3.63) is 99.6 Å². The molecule has 3 aromatic carbocycles. The number of ether oxygens (including phenoxy) is 1. The molecule has 0 spiro atoms. The van der Waals surface area contributed by atoms with E-state index in [0.29, 0.717) is 22.5 Å². The van der Waals surface area contributed by atoms with Crippen LogP contribution in [0.3, 0.4) is 0 Å². The van der Waals surface area contributed by atoms with Crippen LogP contribution in [-0.4, -0.2) is 30.9 Å². The Labute approximate surface area is 179 Å². The maximum Gasteiger partial charge on any atom is 0.338 e. The SMILES string of the molecule is CN(C)c1ccc(C(=O)OCc2ccc(C(=O)Nc3ccccc3)cc2)cc1[N+](=O)[O-]. The molecule has 0 saturated carbocycles. The third-order valence-electron chi connectivity index (χ3n) is 4.51. The molecule has 0 fully saturated rings. The highest BCUT2D eigenvalue weighted by atomic mass is 16.6. The Hall–Kier alpha value is -4.20. The maximum absolute atomic E-state index is 12.3. The zero-order chi connectivity index (χ0) is 22.4. The third-order valence-corrected chi connectivity index (χ3v) is 4.51. The molecule has 0 radical (unpaired) electrons. The number of carbonyl (C=O) groups is 2. The van der Waals surface area contributed by atoms with Gasteiger partial charge in [-0.1, -0.05) is 30.3 Å². The van der Waals surface area contributed by atoms with Crippen molar-refractivity contribution in [1.82, 2.24) is 0 Å². The highest BCUT2D eigenvalue weighted by Crippen LogP contribution is 2.28. The fourth-order valence-corrected chi connectivity index (χ4v) is 2.88. The van der Waals surface area contributed by atoms with Crippen molar-refractivity contribution in [1.29, 1.82) is 0 Å². The second kappa shape index (κ2) is 9.53. The minimum atomic E-state index is -0.667. The maximum atomic E-state index is 12.3. The Bertz CT molecular complexity index is 1100. The van der Waals surface area contributed by atoms with Gasteiger partial charge in [-0.15, -0.1) is 0 Å². The van der Waals surface area contributed by atoms with Gasteiger partial charge in [-0.2, -0.15) is 0 Å². The molecule has 0 bridgehead atoms. The van der Waals surface area contributed by atoms with Crippen molar-refractivity contribution >= 4 is 28.9 Å². The van der Waals surface area contributed by atoms with Crippen molar-refractivity contribution in [2.24, 2.45) is 0 Å². The molecule has 0 aliphatic heterocycles. The molecule has 0 unspecified atom stereocenters. The van der Waals surface area contributed by atoms with E-state index in [9.17, 15) is 19.7 Å². The Balaban J connectivity index is 1.62. The number of amides is 1. The summed E-state index contributed by atoms with van der Waals surface area (Å²) in [7, 11) is 3.37. The molecular weight excluding hydrogens is 398 g/mol. The fraction of sp³-hybridized carbons (Fsp3) is 0.130. The molecule has 3 rings (SSSR count). The number of esters is 1. The van der Waals surface area contributed by atoms with Crippen molar-refractivity contribution in [2.45, 2.75) is 6.61 Å². The zero-order valence-corrected chi connectivity index (χ0v) is 17.1. The monoisotopic (exact) mass is 419 g/mol. The average Bonchev–Trinajstić information content (AvgIpc) is 2.78. The molecule has 0 saturated heterocycles. The molecule has 0 aliphatic carbocycles. The first-order valence-corrected chi connectivity index (χ1v) is 9.43. The molecule has 0 atom stereocenters. The fourth-order valence-electron chi connectivity index (χ4n) is 2.88. The number of nitrogens with one attached hydrogen (secondary N) is 1. The van der Waals surface area contributed by atoms with Gasteiger partial charge >= 0.3 is 5.97 Å². The zero-order valence-electron chi connectivity index (χ0n) is 17.1. The lowest BCUT2D eigenvalue weighted by Gasteiger charge is -2.13. The van der Waals surface area contributed by atoms with Crippen LogP contribution in [0.4, 0.5) is 17.1 Å². The molecule has 0 heterocycles. The summed E-state index contributed by atoms with van der Waals surface area (Å²) >= 11 is 0. The lowest BCUT2D eigenvalue weighted by atomic mass is 10.1. The van der Waals surface area contributed by atoms with Gasteiger partial charge in [-0.3, -0.25) is 14.9 Å². The van der Waals surface area contributed by atoms with Crippen LogP contribution in [0.15, 0.2) is 72.8 Å². The van der Waals surface area contributed by atoms with Crippen molar-refractivity contribution < 1.29 is 19.2 Å². The van der Waals surface area contributed by atoms with Crippen LogP contribution < -0.4 is 10.2 Å². The van der Waals surface area contributed by atoms with Crippen LogP contribution in [0.25, 0.3) is 0 Å². The van der Waals surface area contributed by atoms with Crippen LogP contribution in [0.5, 0.6) is 0 Å². The Morgan fingerprint density at radius 1 is 0.968 bits per heavy atom. The first kappa shape index (κ1) is 21.5. The highest BCUT2D eigenvalue weighted by Gasteiger charge is 2.19. The molecule has 8 heteroatoms. The van der Waals surface area contributed by atoms with Gasteiger partial charge in [-0.05, 0) is 42.0 Å². The standard InChI is InChI=1S/C23H21N3O5/c1-25(2)20-13-12-18(14-21(20)26(29)30)23(28)31-15-16-8-10-17(11-9-16)22(27)24-19-6-4-3-5-7-19/h3-14H,15H2,1-2H3,(H,24,27). The molecule has 8 nitrogen and oxygen atoms in total. The lowest BCUT2D eigenvalue weighted by molar-refractivity contribution is -0.384. The van der Waals surface area contributed by atoms with Gasteiger partial charge in [-0.25, -0.2) is 4.79 Å². The molecule has 158 valence electrons. The van der Waals surface area contributed by atoms with Gasteiger partial charge < -0.3 is 15.0 Å². The van der Waals surface area contributed by atoms with Gasteiger partial charge in [0.25, 0.3) is 11.6 Å². The predicted molar refractivity (Wildman–Crippen MR) is 117 cm³/mol. The number of nitrogens with zero attached hydrogens (tertiary/aromatic N) is 2. The Morgan fingerprint density at radius 3 is 2.23 bits per heavy atom. The molecule has 0 aromatic heterocycles. The van der Waals surface area contributed by atoms with Crippen LogP contribution in [0, 0.1) is 10.1 Å². The minimum absolute atomic E-state index is 0.0252. The quantitative estimate of drug-likeness (QED) is 0.349. The summed E-state index contributed by atoms with van der Waals surface area (Å²) in [5.41, 5.74) is 2.16. The number of hydrogen-bond donors (Lipinski definition) is 1. The normalized spacial score (nSPS) is 10.3. The summed E-state index contributed by atoms with van der Waals surface area (Å²) in [6.07, 6.45) is 0. The second-order valence-corrected chi connectivity index (χ2v) is 6.95. The van der Waals surface area contributed by atoms with Gasteiger partial charge in [0.2, 0.25) is 0 Å². The second-order valence-electron chi connectivity index (χ2n) is 6.95. The minimum Gasteiger partial charge on any atom is -0.457 e. The largest absolute Gasteiger partial charge is 0.457 e. The molecular formula is C23H21N3O5. The van der Waals surface area contributed by atoms with Crippen LogP contribution >= 0.6 is 0 Å². The highest BCUT2D eigenvalue weighted by molar-refractivity contribution is 6.04. The van der Waals surface area contributed by atoms with Gasteiger partial charge in [0.05, 0.1) is 10.5 Å². The summed E-state index contributed by atoms with van der Waals surface area (Å²) in [5, 5.41) is 14.1. The van der Waals surface area contributed by atoms with E-state index in [1.54, 1.807) is 55.4 Å². The lowest BCUT2D eigenvalue weighted by Crippen LogP contribution is -2.13. The third kappa shape index (κ3) is 5.45. The van der Waals surface area contributed by atoms with Crippen molar-refractivity contribution in [3.8, 4) is 0 Å². The smallest absolute Gasteiger partial charge is 0.338 e. The number of nitro groups is 1.